The molecule has 4 amide bonds. The van der Waals surface area contributed by atoms with Crippen LogP contribution in [0.2, 0.25) is 0 Å². The van der Waals surface area contributed by atoms with Gasteiger partial charge in [-0.05, 0) is 17.5 Å². The average molecular weight is 450 g/mol. The summed E-state index contributed by atoms with van der Waals surface area (Å²) < 4.78 is 41.1. The molecule has 1 aromatic carbocycles. The number of hydrogen-bond acceptors (Lipinski definition) is 3. The summed E-state index contributed by atoms with van der Waals surface area (Å²) in [5.41, 5.74) is -0.865. The Kier molecular flexibility index (Phi) is 6.34. The van der Waals surface area contributed by atoms with Gasteiger partial charge in [0.2, 0.25) is 5.91 Å². The molecule has 0 unspecified atom stereocenters. The van der Waals surface area contributed by atoms with Gasteiger partial charge >= 0.3 is 12.2 Å². The maximum atomic E-state index is 13.7. The van der Waals surface area contributed by atoms with Crippen LogP contribution < -0.4 is 10.6 Å². The maximum Gasteiger partial charge on any atom is 0.416 e. The summed E-state index contributed by atoms with van der Waals surface area (Å²) >= 11 is 0. The predicted octanol–water partition coefficient (Wildman–Crippen LogP) is 2.82. The summed E-state index contributed by atoms with van der Waals surface area (Å²) in [4.78, 5) is 41.4. The highest BCUT2D eigenvalue weighted by Crippen LogP contribution is 2.42. The number of urea groups is 1. The number of likely N-dealkylation sites (N-methyl/N-ethyl adjacent to an activating group) is 1. The molecule has 0 saturated heterocycles. The minimum atomic E-state index is -4.68. The van der Waals surface area contributed by atoms with E-state index in [-0.39, 0.29) is 35.8 Å². The molecule has 2 N–H and O–H groups in total. The minimum absolute atomic E-state index is 0.0257. The van der Waals surface area contributed by atoms with Gasteiger partial charge in [-0.15, -0.1) is 6.58 Å². The Hall–Kier alpha value is -3.30. The van der Waals surface area contributed by atoms with E-state index in [1.807, 2.05) is 0 Å². The van der Waals surface area contributed by atoms with E-state index in [0.717, 1.165) is 6.07 Å². The van der Waals surface area contributed by atoms with E-state index in [0.29, 0.717) is 0 Å². The van der Waals surface area contributed by atoms with Gasteiger partial charge in [0, 0.05) is 13.6 Å². The zero-order valence-electron chi connectivity index (χ0n) is 18.0. The lowest BCUT2D eigenvalue weighted by molar-refractivity contribution is -0.139. The summed E-state index contributed by atoms with van der Waals surface area (Å²) in [5.74, 6) is -1.24. The van der Waals surface area contributed by atoms with Gasteiger partial charge in [0.15, 0.2) is 0 Å². The van der Waals surface area contributed by atoms with Crippen molar-refractivity contribution in [3.05, 3.63) is 59.3 Å². The Morgan fingerprint density at radius 2 is 1.97 bits per heavy atom. The Labute approximate surface area is 183 Å². The number of rotatable bonds is 6. The predicted molar refractivity (Wildman–Crippen MR) is 111 cm³/mol. The molecule has 172 valence electrons. The van der Waals surface area contributed by atoms with Crippen LogP contribution >= 0.6 is 0 Å². The molecule has 0 fully saturated rings. The van der Waals surface area contributed by atoms with E-state index in [2.05, 4.69) is 17.2 Å². The second-order valence-electron chi connectivity index (χ2n) is 7.96. The number of carbonyl (C=O) groups is 3. The third-order valence-corrected chi connectivity index (χ3v) is 5.62. The van der Waals surface area contributed by atoms with Crippen LogP contribution in [-0.4, -0.2) is 53.8 Å². The van der Waals surface area contributed by atoms with Crippen LogP contribution in [0.1, 0.15) is 31.0 Å². The number of nitrogens with one attached hydrogen (secondary N) is 2. The highest BCUT2D eigenvalue weighted by atomic mass is 19.4. The first-order chi connectivity index (χ1) is 15.0. The van der Waals surface area contributed by atoms with Crippen molar-refractivity contribution in [1.82, 2.24) is 20.4 Å². The Bertz CT molecular complexity index is 987. The molecule has 1 aromatic rings. The summed E-state index contributed by atoms with van der Waals surface area (Å²) in [5, 5.41) is 5.08. The highest BCUT2D eigenvalue weighted by molar-refractivity contribution is 6.03. The van der Waals surface area contributed by atoms with E-state index < -0.39 is 41.7 Å². The van der Waals surface area contributed by atoms with E-state index in [1.54, 1.807) is 13.8 Å². The Morgan fingerprint density at radius 3 is 2.53 bits per heavy atom. The smallest absolute Gasteiger partial charge is 0.357 e. The minimum Gasteiger partial charge on any atom is -0.357 e. The molecule has 32 heavy (non-hydrogen) atoms. The van der Waals surface area contributed by atoms with Gasteiger partial charge in [-0.25, -0.2) is 4.79 Å². The number of hydrogen-bond donors (Lipinski definition) is 2. The van der Waals surface area contributed by atoms with Crippen LogP contribution in [0.4, 0.5) is 18.0 Å². The van der Waals surface area contributed by atoms with Crippen LogP contribution in [0.5, 0.6) is 0 Å². The van der Waals surface area contributed by atoms with Crippen molar-refractivity contribution < 1.29 is 27.6 Å². The normalized spacial score (nSPS) is 19.8. The largest absolute Gasteiger partial charge is 0.416 e. The fraction of sp³-hybridized carbons (Fsp3) is 0.409. The highest BCUT2D eigenvalue weighted by Gasteiger charge is 2.49. The maximum absolute atomic E-state index is 13.7. The Morgan fingerprint density at radius 1 is 1.31 bits per heavy atom. The van der Waals surface area contributed by atoms with Crippen molar-refractivity contribution in [2.75, 3.05) is 20.1 Å². The van der Waals surface area contributed by atoms with Crippen LogP contribution in [0.25, 0.3) is 0 Å². The molecule has 0 aromatic heterocycles. The monoisotopic (exact) mass is 450 g/mol. The average Bonchev–Trinajstić information content (AvgIpc) is 3.06. The van der Waals surface area contributed by atoms with Gasteiger partial charge in [0.1, 0.15) is 6.04 Å². The summed E-state index contributed by atoms with van der Waals surface area (Å²) in [6.07, 6.45) is -3.22. The molecule has 0 radical (unpaired) electrons. The third-order valence-electron chi connectivity index (χ3n) is 5.62. The molecule has 2 heterocycles. The SMILES string of the molecule is C=CCN1C(=O)N[C@H](c2ccccc2C(F)(F)F)C2=C1CN([C@H](C(=O)NC)C(C)C)C2=O. The lowest BCUT2D eigenvalue weighted by Crippen LogP contribution is -2.50. The Balaban J connectivity index is 2.16. The van der Waals surface area contributed by atoms with Crippen molar-refractivity contribution in [1.29, 1.82) is 0 Å². The summed E-state index contributed by atoms with van der Waals surface area (Å²) in [6, 6.07) is 2.04. The van der Waals surface area contributed by atoms with Crippen molar-refractivity contribution >= 4 is 17.8 Å². The molecule has 0 spiro atoms. The molecule has 10 heteroatoms. The molecule has 2 atom stereocenters. The van der Waals surface area contributed by atoms with Crippen LogP contribution in [0.3, 0.4) is 0 Å². The topological polar surface area (TPSA) is 81.8 Å². The van der Waals surface area contributed by atoms with Crippen molar-refractivity contribution in [2.45, 2.75) is 32.1 Å². The molecule has 3 rings (SSSR count). The van der Waals surface area contributed by atoms with Crippen LogP contribution in [0.15, 0.2) is 48.2 Å². The standard InChI is InChI=1S/C22H25F3N4O3/c1-5-10-28-15-11-29(18(12(2)3)19(30)26-4)20(31)16(15)17(27-21(28)32)13-8-6-7-9-14(13)22(23,24)25/h5-9,12,17-18H,1,10-11H2,2-4H3,(H,26,30)(H,27,32)/t17-,18+/m1/s1. The van der Waals surface area contributed by atoms with Crippen molar-refractivity contribution in [3.8, 4) is 0 Å². The number of alkyl halides is 3. The molecular weight excluding hydrogens is 425 g/mol. The van der Waals surface area contributed by atoms with Gasteiger partial charge in [0.05, 0.1) is 29.4 Å². The molecular formula is C22H25F3N4O3. The molecule has 0 saturated carbocycles. The van der Waals surface area contributed by atoms with E-state index in [9.17, 15) is 27.6 Å². The number of halogens is 3. The first-order valence-electron chi connectivity index (χ1n) is 10.1. The zero-order chi connectivity index (χ0) is 23.8. The zero-order valence-corrected chi connectivity index (χ0v) is 18.0. The van der Waals surface area contributed by atoms with Gasteiger partial charge in [0.25, 0.3) is 5.91 Å². The van der Waals surface area contributed by atoms with Crippen molar-refractivity contribution in [2.24, 2.45) is 5.92 Å². The van der Waals surface area contributed by atoms with Gasteiger partial charge in [-0.1, -0.05) is 38.1 Å². The quantitative estimate of drug-likeness (QED) is 0.654. The van der Waals surface area contributed by atoms with Gasteiger partial charge < -0.3 is 15.5 Å². The lowest BCUT2D eigenvalue weighted by atomic mass is 9.91. The summed E-state index contributed by atoms with van der Waals surface area (Å²) in [6.45, 7) is 7.14. The van der Waals surface area contributed by atoms with Crippen molar-refractivity contribution in [3.63, 3.8) is 0 Å². The lowest BCUT2D eigenvalue weighted by Gasteiger charge is -2.33. The fourth-order valence-electron chi connectivity index (χ4n) is 4.25. The second kappa shape index (κ2) is 8.68. The third kappa shape index (κ3) is 3.96. The first-order valence-corrected chi connectivity index (χ1v) is 10.1. The number of nitrogens with zero attached hydrogens (tertiary/aromatic N) is 2. The van der Waals surface area contributed by atoms with E-state index >= 15 is 0 Å². The molecule has 2 aliphatic heterocycles. The van der Waals surface area contributed by atoms with E-state index in [4.69, 9.17) is 0 Å². The number of amides is 4. The van der Waals surface area contributed by atoms with Gasteiger partial charge in [-0.3, -0.25) is 14.5 Å². The number of benzene rings is 1. The second-order valence-corrected chi connectivity index (χ2v) is 7.96. The fourth-order valence-corrected chi connectivity index (χ4v) is 4.25. The molecule has 2 aliphatic rings. The molecule has 0 bridgehead atoms. The molecule has 7 nitrogen and oxygen atoms in total. The first kappa shape index (κ1) is 23.4. The molecule has 0 aliphatic carbocycles. The van der Waals surface area contributed by atoms with Gasteiger partial charge in [-0.2, -0.15) is 13.2 Å². The van der Waals surface area contributed by atoms with E-state index in [1.165, 1.54) is 41.1 Å². The van der Waals surface area contributed by atoms with Crippen LogP contribution in [-0.2, 0) is 15.8 Å². The summed E-state index contributed by atoms with van der Waals surface area (Å²) in [7, 11) is 1.45. The van der Waals surface area contributed by atoms with Crippen LogP contribution in [0, 0.1) is 5.92 Å². The number of carbonyl (C=O) groups excluding carboxylic acids is 3.